The van der Waals surface area contributed by atoms with E-state index in [1.165, 1.54) is 5.48 Å². The summed E-state index contributed by atoms with van der Waals surface area (Å²) in [4.78, 5) is 15.3. The number of aryl methyl sites for hydroxylation is 2. The van der Waals surface area contributed by atoms with Crippen LogP contribution in [-0.2, 0) is 11.4 Å². The number of rotatable bonds is 4. The molecule has 0 saturated carbocycles. The van der Waals surface area contributed by atoms with E-state index in [1.807, 2.05) is 30.4 Å². The molecule has 0 aliphatic carbocycles. The van der Waals surface area contributed by atoms with Crippen molar-refractivity contribution in [3.05, 3.63) is 29.1 Å². The van der Waals surface area contributed by atoms with Crippen LogP contribution in [-0.4, -0.2) is 32.2 Å². The zero-order chi connectivity index (χ0) is 14.0. The summed E-state index contributed by atoms with van der Waals surface area (Å²) in [7, 11) is 0. The van der Waals surface area contributed by atoms with Gasteiger partial charge in [-0.05, 0) is 31.5 Å². The number of fused-ring (bicyclic) bond motifs is 1. The van der Waals surface area contributed by atoms with Gasteiger partial charge in [0.1, 0.15) is 5.65 Å². The van der Waals surface area contributed by atoms with E-state index < -0.39 is 5.91 Å². The molecule has 0 aliphatic rings. The standard InChI is InChI=1S/C12H16N4O3/c1-7-3-8(2)16-9(6-17)12(14-10(16)4-7)13-5-11(18)15-19/h3-4,13,17,19H,5-6H2,1-2H3,(H,15,18). The number of carbonyl (C=O) groups is 1. The van der Waals surface area contributed by atoms with E-state index in [0.717, 1.165) is 11.3 Å². The summed E-state index contributed by atoms with van der Waals surface area (Å²) < 4.78 is 1.83. The number of hydroxylamine groups is 1. The van der Waals surface area contributed by atoms with Gasteiger partial charge in [-0.1, -0.05) is 0 Å². The van der Waals surface area contributed by atoms with Crippen molar-refractivity contribution in [2.45, 2.75) is 20.5 Å². The second-order valence-corrected chi connectivity index (χ2v) is 4.32. The van der Waals surface area contributed by atoms with Crippen molar-refractivity contribution in [2.75, 3.05) is 11.9 Å². The number of amides is 1. The summed E-state index contributed by atoms with van der Waals surface area (Å²) in [5, 5.41) is 20.7. The van der Waals surface area contributed by atoms with Crippen LogP contribution in [0.25, 0.3) is 5.65 Å². The number of anilines is 1. The van der Waals surface area contributed by atoms with Crippen molar-refractivity contribution in [3.8, 4) is 0 Å². The van der Waals surface area contributed by atoms with Crippen molar-refractivity contribution in [1.82, 2.24) is 14.9 Å². The number of aliphatic hydroxyl groups excluding tert-OH is 1. The highest BCUT2D eigenvalue weighted by atomic mass is 16.5. The van der Waals surface area contributed by atoms with Crippen LogP contribution >= 0.6 is 0 Å². The third-order valence-electron chi connectivity index (χ3n) is 2.84. The Morgan fingerprint density at radius 1 is 1.42 bits per heavy atom. The zero-order valence-electron chi connectivity index (χ0n) is 10.8. The lowest BCUT2D eigenvalue weighted by atomic mass is 10.2. The maximum Gasteiger partial charge on any atom is 0.262 e. The lowest BCUT2D eigenvalue weighted by Gasteiger charge is -2.06. The maximum atomic E-state index is 11.0. The molecular formula is C12H16N4O3. The second kappa shape index (κ2) is 5.25. The molecule has 19 heavy (non-hydrogen) atoms. The van der Waals surface area contributed by atoms with Gasteiger partial charge >= 0.3 is 0 Å². The first kappa shape index (κ1) is 13.3. The van der Waals surface area contributed by atoms with E-state index in [2.05, 4.69) is 10.3 Å². The summed E-state index contributed by atoms with van der Waals surface area (Å²) in [6.07, 6.45) is 0. The van der Waals surface area contributed by atoms with E-state index in [-0.39, 0.29) is 13.2 Å². The van der Waals surface area contributed by atoms with Gasteiger partial charge in [0.2, 0.25) is 0 Å². The van der Waals surface area contributed by atoms with E-state index >= 15 is 0 Å². The first-order valence-corrected chi connectivity index (χ1v) is 5.83. The van der Waals surface area contributed by atoms with Crippen LogP contribution in [0.4, 0.5) is 5.82 Å². The summed E-state index contributed by atoms with van der Waals surface area (Å²) in [5.74, 6) is -0.145. The van der Waals surface area contributed by atoms with Gasteiger partial charge in [0, 0.05) is 5.69 Å². The number of aromatic nitrogens is 2. The summed E-state index contributed by atoms with van der Waals surface area (Å²) in [6.45, 7) is 3.57. The van der Waals surface area contributed by atoms with Crippen molar-refractivity contribution >= 4 is 17.4 Å². The monoisotopic (exact) mass is 264 g/mol. The Hall–Kier alpha value is -2.12. The molecule has 2 heterocycles. The summed E-state index contributed by atoms with van der Waals surface area (Å²) in [5.41, 5.74) is 4.83. The second-order valence-electron chi connectivity index (χ2n) is 4.32. The van der Waals surface area contributed by atoms with Gasteiger partial charge in [-0.3, -0.25) is 14.4 Å². The molecule has 0 radical (unpaired) electrons. The molecular weight excluding hydrogens is 248 g/mol. The van der Waals surface area contributed by atoms with E-state index in [1.54, 1.807) is 0 Å². The van der Waals surface area contributed by atoms with Crippen LogP contribution in [0.2, 0.25) is 0 Å². The van der Waals surface area contributed by atoms with Crippen LogP contribution in [0.15, 0.2) is 12.1 Å². The summed E-state index contributed by atoms with van der Waals surface area (Å²) in [6, 6.07) is 3.88. The maximum absolute atomic E-state index is 11.0. The van der Waals surface area contributed by atoms with Crippen molar-refractivity contribution in [2.24, 2.45) is 0 Å². The molecule has 2 aromatic rings. The Bertz CT molecular complexity index is 621. The summed E-state index contributed by atoms with van der Waals surface area (Å²) >= 11 is 0. The minimum Gasteiger partial charge on any atom is -0.390 e. The minimum atomic E-state index is -0.575. The number of nitrogens with zero attached hydrogens (tertiary/aromatic N) is 2. The molecule has 102 valence electrons. The fourth-order valence-electron chi connectivity index (χ4n) is 2.09. The van der Waals surface area contributed by atoms with E-state index in [9.17, 15) is 9.90 Å². The van der Waals surface area contributed by atoms with Crippen molar-refractivity contribution in [1.29, 1.82) is 0 Å². The fraction of sp³-hybridized carbons (Fsp3) is 0.333. The van der Waals surface area contributed by atoms with Gasteiger partial charge in [0.15, 0.2) is 5.82 Å². The highest BCUT2D eigenvalue weighted by Crippen LogP contribution is 2.20. The number of pyridine rings is 1. The molecule has 7 nitrogen and oxygen atoms in total. The fourth-order valence-corrected chi connectivity index (χ4v) is 2.09. The van der Waals surface area contributed by atoms with Crippen molar-refractivity contribution < 1.29 is 15.1 Å². The van der Waals surface area contributed by atoms with Crippen LogP contribution < -0.4 is 10.8 Å². The first-order valence-electron chi connectivity index (χ1n) is 5.83. The van der Waals surface area contributed by atoms with E-state index in [4.69, 9.17) is 5.21 Å². The third kappa shape index (κ3) is 2.51. The Morgan fingerprint density at radius 2 is 2.16 bits per heavy atom. The lowest BCUT2D eigenvalue weighted by Crippen LogP contribution is -2.27. The highest BCUT2D eigenvalue weighted by molar-refractivity contribution is 5.79. The number of carbonyl (C=O) groups excluding carboxylic acids is 1. The van der Waals surface area contributed by atoms with E-state index in [0.29, 0.717) is 17.2 Å². The Labute approximate surface area is 109 Å². The number of hydrogen-bond acceptors (Lipinski definition) is 5. The van der Waals surface area contributed by atoms with Crippen LogP contribution in [0, 0.1) is 13.8 Å². The SMILES string of the molecule is Cc1cc(C)n2c(CO)c(NCC(=O)NO)nc2c1. The van der Waals surface area contributed by atoms with Crippen LogP contribution in [0.3, 0.4) is 0 Å². The molecule has 0 fully saturated rings. The molecule has 2 rings (SSSR count). The Morgan fingerprint density at radius 3 is 2.79 bits per heavy atom. The third-order valence-corrected chi connectivity index (χ3v) is 2.84. The smallest absolute Gasteiger partial charge is 0.262 e. The molecule has 0 aromatic carbocycles. The molecule has 1 amide bonds. The molecule has 0 spiro atoms. The molecule has 4 N–H and O–H groups in total. The number of nitrogens with one attached hydrogen (secondary N) is 2. The normalized spacial score (nSPS) is 10.7. The van der Waals surface area contributed by atoms with Crippen molar-refractivity contribution in [3.63, 3.8) is 0 Å². The largest absolute Gasteiger partial charge is 0.390 e. The molecule has 0 unspecified atom stereocenters. The number of hydrogen-bond donors (Lipinski definition) is 4. The topological polar surface area (TPSA) is 98.9 Å². The molecule has 2 aromatic heterocycles. The zero-order valence-corrected chi connectivity index (χ0v) is 10.8. The van der Waals surface area contributed by atoms with Gasteiger partial charge in [0.25, 0.3) is 5.91 Å². The van der Waals surface area contributed by atoms with Gasteiger partial charge in [-0.2, -0.15) is 0 Å². The van der Waals surface area contributed by atoms with Gasteiger partial charge < -0.3 is 10.4 Å². The lowest BCUT2D eigenvalue weighted by molar-refractivity contribution is -0.127. The predicted molar refractivity (Wildman–Crippen MR) is 69.0 cm³/mol. The number of imidazole rings is 1. The molecule has 7 heteroatoms. The molecule has 0 bridgehead atoms. The van der Waals surface area contributed by atoms with Gasteiger partial charge in [-0.25, -0.2) is 10.5 Å². The van der Waals surface area contributed by atoms with Gasteiger partial charge in [-0.15, -0.1) is 0 Å². The van der Waals surface area contributed by atoms with Crippen LogP contribution in [0.1, 0.15) is 17.0 Å². The Balaban J connectivity index is 2.44. The highest BCUT2D eigenvalue weighted by Gasteiger charge is 2.13. The first-order chi connectivity index (χ1) is 9.06. The van der Waals surface area contributed by atoms with Gasteiger partial charge in [0.05, 0.1) is 18.8 Å². The quantitative estimate of drug-likeness (QED) is 0.472. The number of aliphatic hydroxyl groups is 1. The van der Waals surface area contributed by atoms with Crippen LogP contribution in [0.5, 0.6) is 0 Å². The molecule has 0 aliphatic heterocycles. The molecule has 0 atom stereocenters. The average Bonchev–Trinajstić information content (AvgIpc) is 2.73. The minimum absolute atomic E-state index is 0.120. The predicted octanol–water partition coefficient (Wildman–Crippen LogP) is 0.361. The average molecular weight is 264 g/mol. The molecule has 0 saturated heterocycles. The Kier molecular flexibility index (Phi) is 3.68.